The van der Waals surface area contributed by atoms with Crippen molar-refractivity contribution in [1.82, 2.24) is 4.90 Å². The molecule has 0 bridgehead atoms. The molecule has 1 aromatic carbocycles. The van der Waals surface area contributed by atoms with E-state index in [9.17, 15) is 4.79 Å². The summed E-state index contributed by atoms with van der Waals surface area (Å²) in [5.74, 6) is -0.741. The smallest absolute Gasteiger partial charge is 0.305 e. The maximum Gasteiger partial charge on any atom is 0.305 e. The fourth-order valence-electron chi connectivity index (χ4n) is 2.82. The van der Waals surface area contributed by atoms with Gasteiger partial charge in [-0.2, -0.15) is 0 Å². The Morgan fingerprint density at radius 2 is 1.62 bits per heavy atom. The van der Waals surface area contributed by atoms with Crippen LogP contribution in [-0.4, -0.2) is 49.7 Å². The van der Waals surface area contributed by atoms with E-state index in [1.54, 1.807) is 0 Å². The monoisotopic (exact) mass is 292 g/mol. The Balaban J connectivity index is 2.91. The van der Waals surface area contributed by atoms with Gasteiger partial charge in [0.25, 0.3) is 0 Å². The van der Waals surface area contributed by atoms with E-state index >= 15 is 0 Å². The number of carboxylic acids is 1. The largest absolute Gasteiger partial charge is 0.481 e. The number of carbonyl (C=O) groups is 1. The molecule has 1 aromatic rings. The van der Waals surface area contributed by atoms with Crippen LogP contribution >= 0.6 is 0 Å². The van der Waals surface area contributed by atoms with Crippen molar-refractivity contribution in [2.45, 2.75) is 33.6 Å². The number of carboxylic acid groups (broad SMARTS) is 1. The minimum atomic E-state index is -0.741. The van der Waals surface area contributed by atoms with Crippen LogP contribution in [0.2, 0.25) is 0 Å². The summed E-state index contributed by atoms with van der Waals surface area (Å²) in [5, 5.41) is 8.97. The first-order valence-electron chi connectivity index (χ1n) is 7.50. The summed E-state index contributed by atoms with van der Waals surface area (Å²) in [4.78, 5) is 15.3. The molecule has 1 N–H and O–H groups in total. The molecule has 0 atom stereocenters. The molecular weight excluding hydrogens is 264 g/mol. The standard InChI is InChI=1S/C17H28N2O2/c1-13-11-14(2)17(15(3)12-13)19(10-7-16(20)21)9-6-8-18(4)5/h11-12H,6-10H2,1-5H3,(H,20,21). The van der Waals surface area contributed by atoms with E-state index in [1.807, 2.05) is 0 Å². The molecule has 0 saturated heterocycles. The number of nitrogens with zero attached hydrogens (tertiary/aromatic N) is 2. The van der Waals surface area contributed by atoms with E-state index in [-0.39, 0.29) is 6.42 Å². The quantitative estimate of drug-likeness (QED) is 0.800. The highest BCUT2D eigenvalue weighted by atomic mass is 16.4. The number of rotatable bonds is 8. The van der Waals surface area contributed by atoms with Gasteiger partial charge in [0.15, 0.2) is 0 Å². The second-order valence-electron chi connectivity index (χ2n) is 6.03. The average Bonchev–Trinajstić information content (AvgIpc) is 2.33. The van der Waals surface area contributed by atoms with Gasteiger partial charge < -0.3 is 14.9 Å². The second kappa shape index (κ2) is 8.03. The predicted molar refractivity (Wildman–Crippen MR) is 88.3 cm³/mol. The summed E-state index contributed by atoms with van der Waals surface area (Å²) in [5.41, 5.74) is 4.89. The molecule has 0 heterocycles. The van der Waals surface area contributed by atoms with Gasteiger partial charge in [0.1, 0.15) is 0 Å². The van der Waals surface area contributed by atoms with Crippen LogP contribution in [-0.2, 0) is 4.79 Å². The Hall–Kier alpha value is -1.55. The van der Waals surface area contributed by atoms with Gasteiger partial charge in [-0.25, -0.2) is 0 Å². The Morgan fingerprint density at radius 1 is 1.05 bits per heavy atom. The van der Waals surface area contributed by atoms with Gasteiger partial charge in [-0.15, -0.1) is 0 Å². The van der Waals surface area contributed by atoms with Crippen molar-refractivity contribution in [3.63, 3.8) is 0 Å². The van der Waals surface area contributed by atoms with Crippen molar-refractivity contribution < 1.29 is 9.90 Å². The normalized spacial score (nSPS) is 11.0. The van der Waals surface area contributed by atoms with Gasteiger partial charge in [0, 0.05) is 18.8 Å². The molecule has 0 spiro atoms. The highest BCUT2D eigenvalue weighted by molar-refractivity contribution is 5.68. The number of hydrogen-bond acceptors (Lipinski definition) is 3. The fraction of sp³-hybridized carbons (Fsp3) is 0.588. The number of aliphatic carboxylic acids is 1. The molecule has 0 unspecified atom stereocenters. The second-order valence-corrected chi connectivity index (χ2v) is 6.03. The molecule has 4 nitrogen and oxygen atoms in total. The molecule has 0 aromatic heterocycles. The Bertz CT molecular complexity index is 461. The van der Waals surface area contributed by atoms with Crippen LogP contribution in [0.5, 0.6) is 0 Å². The molecule has 4 heteroatoms. The number of anilines is 1. The van der Waals surface area contributed by atoms with Gasteiger partial charge in [0.05, 0.1) is 6.42 Å². The van der Waals surface area contributed by atoms with E-state index in [4.69, 9.17) is 5.11 Å². The first-order chi connectivity index (χ1) is 9.81. The first kappa shape index (κ1) is 17.5. The molecule has 0 fully saturated rings. The zero-order chi connectivity index (χ0) is 16.0. The molecule has 118 valence electrons. The lowest BCUT2D eigenvalue weighted by atomic mass is 10.0. The number of hydrogen-bond donors (Lipinski definition) is 1. The van der Waals surface area contributed by atoms with Crippen LogP contribution in [0.15, 0.2) is 12.1 Å². The van der Waals surface area contributed by atoms with Crippen molar-refractivity contribution in [2.24, 2.45) is 0 Å². The molecule has 0 amide bonds. The van der Waals surface area contributed by atoms with Crippen molar-refractivity contribution in [3.05, 3.63) is 28.8 Å². The lowest BCUT2D eigenvalue weighted by Gasteiger charge is -2.28. The zero-order valence-electron chi connectivity index (χ0n) is 13.9. The van der Waals surface area contributed by atoms with Gasteiger partial charge in [-0.1, -0.05) is 17.7 Å². The fourth-order valence-corrected chi connectivity index (χ4v) is 2.82. The average molecular weight is 292 g/mol. The lowest BCUT2D eigenvalue weighted by Crippen LogP contribution is -2.30. The summed E-state index contributed by atoms with van der Waals surface area (Å²) >= 11 is 0. The zero-order valence-corrected chi connectivity index (χ0v) is 13.9. The Labute approximate surface area is 128 Å². The summed E-state index contributed by atoms with van der Waals surface area (Å²) in [6, 6.07) is 4.34. The molecule has 0 aliphatic rings. The third-order valence-corrected chi connectivity index (χ3v) is 3.58. The Kier molecular flexibility index (Phi) is 6.69. The van der Waals surface area contributed by atoms with E-state index in [0.29, 0.717) is 6.54 Å². The van der Waals surface area contributed by atoms with Gasteiger partial charge >= 0.3 is 5.97 Å². The number of benzene rings is 1. The molecule has 0 aliphatic carbocycles. The van der Waals surface area contributed by atoms with E-state index in [1.165, 1.54) is 22.4 Å². The maximum absolute atomic E-state index is 10.9. The molecule has 0 radical (unpaired) electrons. The summed E-state index contributed by atoms with van der Waals surface area (Å²) in [6.45, 7) is 8.76. The van der Waals surface area contributed by atoms with Gasteiger partial charge in [-0.05, 0) is 59.0 Å². The molecule has 21 heavy (non-hydrogen) atoms. The third-order valence-electron chi connectivity index (χ3n) is 3.58. The highest BCUT2D eigenvalue weighted by Gasteiger charge is 2.14. The third kappa shape index (κ3) is 5.76. The molecule has 0 saturated carbocycles. The summed E-state index contributed by atoms with van der Waals surface area (Å²) in [6.07, 6.45) is 1.20. The predicted octanol–water partition coefficient (Wildman–Crippen LogP) is 2.84. The van der Waals surface area contributed by atoms with Crippen LogP contribution < -0.4 is 4.90 Å². The SMILES string of the molecule is Cc1cc(C)c(N(CCCN(C)C)CCC(=O)O)c(C)c1. The number of aryl methyl sites for hydroxylation is 3. The minimum absolute atomic E-state index is 0.175. The van der Waals surface area contributed by atoms with E-state index in [0.717, 1.165) is 19.5 Å². The lowest BCUT2D eigenvalue weighted by molar-refractivity contribution is -0.136. The molecule has 1 rings (SSSR count). The summed E-state index contributed by atoms with van der Waals surface area (Å²) < 4.78 is 0. The van der Waals surface area contributed by atoms with Crippen LogP contribution in [0.4, 0.5) is 5.69 Å². The van der Waals surface area contributed by atoms with E-state index < -0.39 is 5.97 Å². The molecular formula is C17H28N2O2. The van der Waals surface area contributed by atoms with Crippen molar-refractivity contribution in [1.29, 1.82) is 0 Å². The van der Waals surface area contributed by atoms with E-state index in [2.05, 4.69) is 56.8 Å². The van der Waals surface area contributed by atoms with Crippen LogP contribution in [0.25, 0.3) is 0 Å². The topological polar surface area (TPSA) is 43.8 Å². The highest BCUT2D eigenvalue weighted by Crippen LogP contribution is 2.26. The Morgan fingerprint density at radius 3 is 2.10 bits per heavy atom. The van der Waals surface area contributed by atoms with Crippen LogP contribution in [0.1, 0.15) is 29.5 Å². The first-order valence-corrected chi connectivity index (χ1v) is 7.50. The summed E-state index contributed by atoms with van der Waals surface area (Å²) in [7, 11) is 4.12. The molecule has 0 aliphatic heterocycles. The minimum Gasteiger partial charge on any atom is -0.481 e. The van der Waals surface area contributed by atoms with Crippen LogP contribution in [0.3, 0.4) is 0 Å². The van der Waals surface area contributed by atoms with Gasteiger partial charge in [0.2, 0.25) is 0 Å². The maximum atomic E-state index is 10.9. The van der Waals surface area contributed by atoms with Crippen LogP contribution in [0, 0.1) is 20.8 Å². The van der Waals surface area contributed by atoms with Crippen molar-refractivity contribution in [2.75, 3.05) is 38.6 Å². The van der Waals surface area contributed by atoms with Crippen molar-refractivity contribution >= 4 is 11.7 Å². The van der Waals surface area contributed by atoms with Crippen molar-refractivity contribution in [3.8, 4) is 0 Å². The van der Waals surface area contributed by atoms with Gasteiger partial charge in [-0.3, -0.25) is 4.79 Å².